The van der Waals surface area contributed by atoms with E-state index in [0.717, 1.165) is 12.1 Å². The zero-order valence-corrected chi connectivity index (χ0v) is 7.07. The third-order valence-corrected chi connectivity index (χ3v) is 1.21. The molecule has 1 nitrogen and oxygen atoms in total. The maximum Gasteiger partial charge on any atom is 0.419 e. The molecule has 1 rings (SSSR count). The summed E-state index contributed by atoms with van der Waals surface area (Å²) in [6.07, 6.45) is -4.47. The Balaban J connectivity index is 0.00000121. The van der Waals surface area contributed by atoms with Crippen molar-refractivity contribution in [1.29, 1.82) is 0 Å². The summed E-state index contributed by atoms with van der Waals surface area (Å²) >= 11 is 0. The summed E-state index contributed by atoms with van der Waals surface area (Å²) in [5.41, 5.74) is -1.000. The van der Waals surface area contributed by atoms with Gasteiger partial charge in [-0.05, 0) is 12.1 Å². The van der Waals surface area contributed by atoms with E-state index in [9.17, 15) is 13.2 Å². The van der Waals surface area contributed by atoms with Crippen LogP contribution in [0.4, 0.5) is 13.2 Å². The second kappa shape index (κ2) is 3.83. The van der Waals surface area contributed by atoms with E-state index >= 15 is 0 Å². The molecule has 5 heteroatoms. The van der Waals surface area contributed by atoms with Crippen LogP contribution in [0.25, 0.3) is 0 Å². The minimum Gasteiger partial charge on any atom is -0.507 e. The molecule has 0 aliphatic rings. The summed E-state index contributed by atoms with van der Waals surface area (Å²) in [6.45, 7) is 0. The van der Waals surface area contributed by atoms with E-state index in [1.54, 1.807) is 0 Å². The van der Waals surface area contributed by atoms with Gasteiger partial charge in [-0.1, -0.05) is 12.1 Å². The van der Waals surface area contributed by atoms with E-state index in [0.29, 0.717) is 0 Å². The van der Waals surface area contributed by atoms with Crippen LogP contribution in [0.2, 0.25) is 0 Å². The Kier molecular flexibility index (Phi) is 3.62. The van der Waals surface area contributed by atoms with Crippen molar-refractivity contribution >= 4 is 0 Å². The fourth-order valence-corrected chi connectivity index (χ4v) is 0.713. The summed E-state index contributed by atoms with van der Waals surface area (Å²) in [4.78, 5) is 0. The summed E-state index contributed by atoms with van der Waals surface area (Å²) in [5, 5.41) is 8.73. The molecule has 0 amide bonds. The maximum absolute atomic E-state index is 11.9. The molecule has 0 aromatic heterocycles. The average Bonchev–Trinajstić information content (AvgIpc) is 1.86. The number of benzene rings is 1. The molecule has 0 saturated carbocycles. The Hall–Kier alpha value is -0.658. The molecule has 0 bridgehead atoms. The number of aromatic hydroxyl groups is 1. The number of hydrogen-bond donors (Lipinski definition) is 1. The molecule has 0 aliphatic heterocycles. The second-order valence-corrected chi connectivity index (χ2v) is 2.01. The number of hydrogen-bond acceptors (Lipinski definition) is 1. The standard InChI is InChI=1S/C7H5F3O.Cr/c8-7(9,10)5-3-1-2-4-6(5)11;/h1-4,11H;. The molecule has 0 radical (unpaired) electrons. The molecule has 0 heterocycles. The van der Waals surface area contributed by atoms with Crippen molar-refractivity contribution in [1.82, 2.24) is 0 Å². The van der Waals surface area contributed by atoms with Crippen molar-refractivity contribution in [2.24, 2.45) is 0 Å². The molecule has 0 fully saturated rings. The van der Waals surface area contributed by atoms with Crippen molar-refractivity contribution < 1.29 is 35.6 Å². The van der Waals surface area contributed by atoms with Crippen molar-refractivity contribution in [3.05, 3.63) is 29.8 Å². The SMILES string of the molecule is Oc1ccccc1C(F)(F)F.[Cr]. The van der Waals surface area contributed by atoms with Gasteiger partial charge in [0.1, 0.15) is 5.75 Å². The van der Waals surface area contributed by atoms with Crippen molar-refractivity contribution in [3.8, 4) is 5.75 Å². The second-order valence-electron chi connectivity index (χ2n) is 2.01. The van der Waals surface area contributed by atoms with E-state index in [-0.39, 0.29) is 17.4 Å². The number of halogens is 3. The Bertz CT molecular complexity index is 259. The Morgan fingerprint density at radius 3 is 1.92 bits per heavy atom. The fraction of sp³-hybridized carbons (Fsp3) is 0.143. The molecule has 0 saturated heterocycles. The number of phenols is 1. The summed E-state index contributed by atoms with van der Waals surface area (Å²) in [6, 6.07) is 4.39. The van der Waals surface area contributed by atoms with Gasteiger partial charge in [0.25, 0.3) is 0 Å². The monoisotopic (exact) mass is 214 g/mol. The molecule has 1 N–H and O–H groups in total. The van der Waals surface area contributed by atoms with Crippen LogP contribution in [-0.2, 0) is 23.5 Å². The topological polar surface area (TPSA) is 20.2 Å². The van der Waals surface area contributed by atoms with E-state index in [1.165, 1.54) is 12.1 Å². The zero-order chi connectivity index (χ0) is 8.48. The predicted molar refractivity (Wildman–Crippen MR) is 33.1 cm³/mol. The number of rotatable bonds is 0. The van der Waals surface area contributed by atoms with Crippen LogP contribution in [0.1, 0.15) is 5.56 Å². The Labute approximate surface area is 78.0 Å². The van der Waals surface area contributed by atoms with Crippen LogP contribution in [0, 0.1) is 0 Å². The van der Waals surface area contributed by atoms with Crippen LogP contribution in [0.3, 0.4) is 0 Å². The van der Waals surface area contributed by atoms with Crippen LogP contribution in [-0.4, -0.2) is 5.11 Å². The fourth-order valence-electron chi connectivity index (χ4n) is 0.713. The normalized spacial score (nSPS) is 10.6. The Morgan fingerprint density at radius 1 is 1.08 bits per heavy atom. The molecular weight excluding hydrogens is 209 g/mol. The molecule has 66 valence electrons. The van der Waals surface area contributed by atoms with E-state index in [2.05, 4.69) is 0 Å². The van der Waals surface area contributed by atoms with E-state index < -0.39 is 17.5 Å². The van der Waals surface area contributed by atoms with Crippen LogP contribution >= 0.6 is 0 Å². The first-order valence-corrected chi connectivity index (χ1v) is 2.87. The molecule has 12 heavy (non-hydrogen) atoms. The molecule has 1 aromatic rings. The number of para-hydroxylation sites is 1. The minimum absolute atomic E-state index is 0. The number of alkyl halides is 3. The minimum atomic E-state index is -4.47. The summed E-state index contributed by atoms with van der Waals surface area (Å²) < 4.78 is 35.7. The quantitative estimate of drug-likeness (QED) is 0.703. The van der Waals surface area contributed by atoms with Gasteiger partial charge >= 0.3 is 6.18 Å². The first-order valence-electron chi connectivity index (χ1n) is 2.87. The van der Waals surface area contributed by atoms with Gasteiger partial charge in [0, 0.05) is 17.4 Å². The van der Waals surface area contributed by atoms with Gasteiger partial charge in [0.15, 0.2) is 0 Å². The largest absolute Gasteiger partial charge is 0.507 e. The van der Waals surface area contributed by atoms with Crippen molar-refractivity contribution in [2.45, 2.75) is 6.18 Å². The Morgan fingerprint density at radius 2 is 1.58 bits per heavy atom. The smallest absolute Gasteiger partial charge is 0.419 e. The third kappa shape index (κ3) is 2.43. The van der Waals surface area contributed by atoms with E-state index in [4.69, 9.17) is 5.11 Å². The van der Waals surface area contributed by atoms with Gasteiger partial charge in [0.2, 0.25) is 0 Å². The molecule has 0 unspecified atom stereocenters. The van der Waals surface area contributed by atoms with Crippen LogP contribution in [0.15, 0.2) is 24.3 Å². The summed E-state index contributed by atoms with van der Waals surface area (Å²) in [7, 11) is 0. The first kappa shape index (κ1) is 11.3. The molecule has 0 spiro atoms. The number of phenolic OH excluding ortho intramolecular Hbond substituents is 1. The molecule has 0 aliphatic carbocycles. The van der Waals surface area contributed by atoms with Crippen molar-refractivity contribution in [2.75, 3.05) is 0 Å². The van der Waals surface area contributed by atoms with Gasteiger partial charge < -0.3 is 5.11 Å². The van der Waals surface area contributed by atoms with Gasteiger partial charge in [-0.25, -0.2) is 0 Å². The van der Waals surface area contributed by atoms with Crippen LogP contribution in [0.5, 0.6) is 5.75 Å². The maximum atomic E-state index is 11.9. The first-order chi connectivity index (χ1) is 5.02. The van der Waals surface area contributed by atoms with Gasteiger partial charge in [0.05, 0.1) is 5.56 Å². The van der Waals surface area contributed by atoms with E-state index in [1.807, 2.05) is 0 Å². The van der Waals surface area contributed by atoms with Crippen molar-refractivity contribution in [3.63, 3.8) is 0 Å². The van der Waals surface area contributed by atoms with Gasteiger partial charge in [-0.15, -0.1) is 0 Å². The van der Waals surface area contributed by atoms with Crippen LogP contribution < -0.4 is 0 Å². The molecular formula is C7H5CrF3O. The average molecular weight is 214 g/mol. The van der Waals surface area contributed by atoms with Gasteiger partial charge in [-0.3, -0.25) is 0 Å². The van der Waals surface area contributed by atoms with Gasteiger partial charge in [-0.2, -0.15) is 13.2 Å². The zero-order valence-electron chi connectivity index (χ0n) is 5.80. The molecule has 0 atom stereocenters. The third-order valence-electron chi connectivity index (χ3n) is 1.21. The summed E-state index contributed by atoms with van der Waals surface area (Å²) in [5.74, 6) is -0.736. The predicted octanol–water partition coefficient (Wildman–Crippen LogP) is 2.41. The molecule has 1 aromatic carbocycles.